The largest absolute Gasteiger partial charge is 0.507 e. The van der Waals surface area contributed by atoms with Gasteiger partial charge in [-0.25, -0.2) is 4.98 Å². The van der Waals surface area contributed by atoms with Gasteiger partial charge in [0.2, 0.25) is 0 Å². The molecule has 1 heterocycles. The Kier molecular flexibility index (Phi) is 5.41. The molecular weight excluding hydrogens is 366 g/mol. The Morgan fingerprint density at radius 1 is 1.29 bits per heavy atom. The molecule has 0 spiro atoms. The molecule has 2 aromatic carbocycles. The molecule has 3 rings (SSSR count). The normalized spacial score (nSPS) is 11.8. The predicted molar refractivity (Wildman–Crippen MR) is 100 cm³/mol. The van der Waals surface area contributed by atoms with Crippen LogP contribution in [-0.2, 0) is 0 Å². The van der Waals surface area contributed by atoms with E-state index in [2.05, 4.69) is 15.2 Å². The van der Waals surface area contributed by atoms with E-state index in [1.807, 2.05) is 6.92 Å². The second kappa shape index (κ2) is 7.92. The first-order chi connectivity index (χ1) is 13.4. The van der Waals surface area contributed by atoms with Crippen molar-refractivity contribution in [2.75, 3.05) is 13.7 Å². The van der Waals surface area contributed by atoms with E-state index in [-0.39, 0.29) is 22.8 Å². The molecule has 0 saturated heterocycles. The molecule has 3 aromatic rings. The number of rotatable bonds is 7. The smallest absolute Gasteiger partial charge is 0.270 e. The number of aromatic amines is 1. The van der Waals surface area contributed by atoms with Crippen molar-refractivity contribution in [3.8, 4) is 28.6 Å². The molecule has 4 N–H and O–H groups in total. The van der Waals surface area contributed by atoms with E-state index in [9.17, 15) is 15.2 Å². The van der Waals surface area contributed by atoms with Crippen LogP contribution in [0.3, 0.4) is 0 Å². The van der Waals surface area contributed by atoms with Crippen molar-refractivity contribution >= 4 is 5.69 Å². The Labute approximate surface area is 160 Å². The summed E-state index contributed by atoms with van der Waals surface area (Å²) in [5.41, 5.74) is 6.92. The molecule has 146 valence electrons. The van der Waals surface area contributed by atoms with Gasteiger partial charge in [0.05, 0.1) is 30.2 Å². The number of aromatic nitrogens is 3. The van der Waals surface area contributed by atoms with Crippen LogP contribution in [0, 0.1) is 10.1 Å². The van der Waals surface area contributed by atoms with E-state index < -0.39 is 11.0 Å². The standard InChI is InChI=1S/C18H19N5O5/c1-3-28-14-7-4-10(8-15(14)27-2)16(19)18-20-17(21-22-18)12-9-11(23(25)26)5-6-13(12)24/h4-9,16,24H,3,19H2,1-2H3,(H,20,21,22)/t16-/m0/s1. The first-order valence-electron chi connectivity index (χ1n) is 8.41. The van der Waals surface area contributed by atoms with Crippen LogP contribution < -0.4 is 15.2 Å². The molecule has 1 atom stereocenters. The molecule has 0 radical (unpaired) electrons. The Bertz CT molecular complexity index is 1000. The zero-order valence-electron chi connectivity index (χ0n) is 15.2. The number of benzene rings is 2. The minimum Gasteiger partial charge on any atom is -0.507 e. The summed E-state index contributed by atoms with van der Waals surface area (Å²) in [6.07, 6.45) is 0. The number of nitro groups is 1. The number of hydrogen-bond donors (Lipinski definition) is 3. The van der Waals surface area contributed by atoms with E-state index in [1.54, 1.807) is 18.2 Å². The summed E-state index contributed by atoms with van der Waals surface area (Å²) in [7, 11) is 1.53. The molecule has 0 aliphatic heterocycles. The van der Waals surface area contributed by atoms with Gasteiger partial charge in [0.15, 0.2) is 17.3 Å². The lowest BCUT2D eigenvalue weighted by molar-refractivity contribution is -0.384. The molecule has 0 bridgehead atoms. The first-order valence-corrected chi connectivity index (χ1v) is 8.41. The van der Waals surface area contributed by atoms with Crippen LogP contribution in [-0.4, -0.2) is 38.9 Å². The molecule has 0 aliphatic rings. The highest BCUT2D eigenvalue weighted by Gasteiger charge is 2.20. The van der Waals surface area contributed by atoms with Gasteiger partial charge in [-0.1, -0.05) is 6.07 Å². The number of nitrogens with zero attached hydrogens (tertiary/aromatic N) is 3. The number of nitrogens with one attached hydrogen (secondary N) is 1. The van der Waals surface area contributed by atoms with Crippen LogP contribution in [0.5, 0.6) is 17.2 Å². The number of non-ortho nitro benzene ring substituents is 1. The first kappa shape index (κ1) is 19.1. The monoisotopic (exact) mass is 385 g/mol. The quantitative estimate of drug-likeness (QED) is 0.415. The fraction of sp³-hybridized carbons (Fsp3) is 0.222. The van der Waals surface area contributed by atoms with Gasteiger partial charge < -0.3 is 20.3 Å². The summed E-state index contributed by atoms with van der Waals surface area (Å²) in [5, 5.41) is 27.7. The number of methoxy groups -OCH3 is 1. The van der Waals surface area contributed by atoms with Crippen molar-refractivity contribution in [2.24, 2.45) is 5.73 Å². The molecular formula is C18H19N5O5. The Hall–Kier alpha value is -3.66. The fourth-order valence-electron chi connectivity index (χ4n) is 2.66. The maximum Gasteiger partial charge on any atom is 0.270 e. The van der Waals surface area contributed by atoms with E-state index in [1.165, 1.54) is 25.3 Å². The van der Waals surface area contributed by atoms with Gasteiger partial charge in [-0.05, 0) is 30.7 Å². The van der Waals surface area contributed by atoms with Crippen molar-refractivity contribution < 1.29 is 19.5 Å². The lowest BCUT2D eigenvalue weighted by Crippen LogP contribution is -2.14. The lowest BCUT2D eigenvalue weighted by atomic mass is 10.1. The molecule has 0 saturated carbocycles. The number of hydrogen-bond acceptors (Lipinski definition) is 8. The molecule has 0 aliphatic carbocycles. The van der Waals surface area contributed by atoms with E-state index >= 15 is 0 Å². The van der Waals surface area contributed by atoms with Gasteiger partial charge in [0.25, 0.3) is 5.69 Å². The van der Waals surface area contributed by atoms with Gasteiger partial charge in [-0.3, -0.25) is 15.2 Å². The summed E-state index contributed by atoms with van der Waals surface area (Å²) in [4.78, 5) is 14.7. The van der Waals surface area contributed by atoms with Gasteiger partial charge in [0.1, 0.15) is 11.6 Å². The average molecular weight is 385 g/mol. The number of nitro benzene ring substituents is 1. The second-order valence-electron chi connectivity index (χ2n) is 5.82. The topological polar surface area (TPSA) is 149 Å². The molecule has 1 aromatic heterocycles. The van der Waals surface area contributed by atoms with Crippen molar-refractivity contribution in [1.82, 2.24) is 15.2 Å². The van der Waals surface area contributed by atoms with E-state index in [4.69, 9.17) is 15.2 Å². The van der Waals surface area contributed by atoms with Crippen LogP contribution in [0.4, 0.5) is 5.69 Å². The van der Waals surface area contributed by atoms with Gasteiger partial charge in [0, 0.05) is 12.1 Å². The molecule has 10 nitrogen and oxygen atoms in total. The van der Waals surface area contributed by atoms with Crippen molar-refractivity contribution in [3.05, 3.63) is 57.9 Å². The number of nitrogens with two attached hydrogens (primary N) is 1. The van der Waals surface area contributed by atoms with Crippen molar-refractivity contribution in [1.29, 1.82) is 0 Å². The summed E-state index contributed by atoms with van der Waals surface area (Å²) < 4.78 is 10.8. The molecule has 0 unspecified atom stereocenters. The zero-order chi connectivity index (χ0) is 20.3. The van der Waals surface area contributed by atoms with Gasteiger partial charge in [-0.15, -0.1) is 0 Å². The highest BCUT2D eigenvalue weighted by Crippen LogP contribution is 2.33. The zero-order valence-corrected chi connectivity index (χ0v) is 15.2. The van der Waals surface area contributed by atoms with E-state index in [0.29, 0.717) is 29.5 Å². The highest BCUT2D eigenvalue weighted by atomic mass is 16.6. The average Bonchev–Trinajstić information content (AvgIpc) is 3.18. The van der Waals surface area contributed by atoms with Crippen molar-refractivity contribution in [2.45, 2.75) is 13.0 Å². The van der Waals surface area contributed by atoms with E-state index in [0.717, 1.165) is 0 Å². The summed E-state index contributed by atoms with van der Waals surface area (Å²) in [6.45, 7) is 2.37. The SMILES string of the molecule is CCOc1ccc([C@H](N)c2nc(-c3cc([N+](=O)[O-])ccc3O)n[nH]2)cc1OC. The Morgan fingerprint density at radius 2 is 2.07 bits per heavy atom. The van der Waals surface area contributed by atoms with Crippen LogP contribution in [0.25, 0.3) is 11.4 Å². The molecule has 10 heteroatoms. The third kappa shape index (κ3) is 3.71. The number of phenols is 1. The summed E-state index contributed by atoms with van der Waals surface area (Å²) in [5.74, 6) is 1.38. The third-order valence-corrected chi connectivity index (χ3v) is 4.08. The van der Waals surface area contributed by atoms with Gasteiger partial charge >= 0.3 is 0 Å². The molecule has 0 fully saturated rings. The third-order valence-electron chi connectivity index (χ3n) is 4.08. The summed E-state index contributed by atoms with van der Waals surface area (Å²) >= 11 is 0. The second-order valence-corrected chi connectivity index (χ2v) is 5.82. The van der Waals surface area contributed by atoms with Crippen LogP contribution in [0.2, 0.25) is 0 Å². The molecule has 28 heavy (non-hydrogen) atoms. The van der Waals surface area contributed by atoms with Crippen LogP contribution in [0.1, 0.15) is 24.4 Å². The maximum atomic E-state index is 11.0. The van der Waals surface area contributed by atoms with Crippen LogP contribution in [0.15, 0.2) is 36.4 Å². The fourth-order valence-corrected chi connectivity index (χ4v) is 2.66. The van der Waals surface area contributed by atoms with Gasteiger partial charge in [-0.2, -0.15) is 5.10 Å². The minimum atomic E-state index is -0.660. The summed E-state index contributed by atoms with van der Waals surface area (Å²) in [6, 6.07) is 8.24. The lowest BCUT2D eigenvalue weighted by Gasteiger charge is -2.13. The minimum absolute atomic E-state index is 0.101. The van der Waals surface area contributed by atoms with Crippen LogP contribution >= 0.6 is 0 Å². The number of phenolic OH excluding ortho intramolecular Hbond substituents is 1. The number of ether oxygens (including phenoxy) is 2. The Balaban J connectivity index is 1.92. The Morgan fingerprint density at radius 3 is 2.75 bits per heavy atom. The maximum absolute atomic E-state index is 11.0. The van der Waals surface area contributed by atoms with Crippen molar-refractivity contribution in [3.63, 3.8) is 0 Å². The predicted octanol–water partition coefficient (Wildman–Crippen LogP) is 2.54. The number of H-pyrrole nitrogens is 1. The highest BCUT2D eigenvalue weighted by molar-refractivity contribution is 5.67. The number of aromatic hydroxyl groups is 1. The molecule has 0 amide bonds.